The Hall–Kier alpha value is -2.29. The van der Waals surface area contributed by atoms with Gasteiger partial charge in [0.25, 0.3) is 0 Å². The quantitative estimate of drug-likeness (QED) is 0.790. The Morgan fingerprint density at radius 2 is 2.39 bits per heavy atom. The summed E-state index contributed by atoms with van der Waals surface area (Å²) in [6.45, 7) is 2.79. The van der Waals surface area contributed by atoms with Crippen molar-refractivity contribution in [2.75, 3.05) is 30.8 Å². The van der Waals surface area contributed by atoms with Gasteiger partial charge in [-0.05, 0) is 12.5 Å². The first kappa shape index (κ1) is 13.8. The number of hydrogen-bond donors (Lipinski definition) is 2. The number of carbonyl (C=O) groups is 1. The molecule has 1 aromatic rings. The van der Waals surface area contributed by atoms with Crippen LogP contribution in [0.5, 0.6) is 0 Å². The van der Waals surface area contributed by atoms with Crippen LogP contribution in [0.4, 0.5) is 11.5 Å². The van der Waals surface area contributed by atoms with E-state index in [0.29, 0.717) is 23.6 Å². The van der Waals surface area contributed by atoms with Crippen LogP contribution in [0.3, 0.4) is 0 Å². The highest BCUT2D eigenvalue weighted by Gasteiger charge is 2.13. The molecule has 1 amide bonds. The van der Waals surface area contributed by atoms with E-state index in [4.69, 9.17) is 11.0 Å². The zero-order valence-electron chi connectivity index (χ0n) is 10.6. The number of nitrogens with two attached hydrogens (primary N) is 1. The molecule has 0 aliphatic carbocycles. The lowest BCUT2D eigenvalue weighted by atomic mass is 10.2. The molecule has 0 saturated carbocycles. The van der Waals surface area contributed by atoms with Gasteiger partial charge < -0.3 is 16.0 Å². The molecule has 0 spiro atoms. The Kier molecular flexibility index (Phi) is 4.93. The molecule has 0 aliphatic heterocycles. The Balaban J connectivity index is 2.76. The van der Waals surface area contributed by atoms with Gasteiger partial charge in [0.15, 0.2) is 5.82 Å². The highest BCUT2D eigenvalue weighted by molar-refractivity contribution is 5.82. The van der Waals surface area contributed by atoms with E-state index in [2.05, 4.69) is 10.3 Å². The van der Waals surface area contributed by atoms with Crippen LogP contribution >= 0.6 is 0 Å². The minimum atomic E-state index is -0.0945. The molecule has 0 aliphatic rings. The minimum Gasteiger partial charge on any atom is -0.395 e. The Bertz CT molecular complexity index is 466. The van der Waals surface area contributed by atoms with Crippen LogP contribution in [-0.4, -0.2) is 31.0 Å². The lowest BCUT2D eigenvalue weighted by molar-refractivity contribution is -0.119. The third-order valence-corrected chi connectivity index (χ3v) is 2.40. The molecular formula is C12H17N5O. The maximum absolute atomic E-state index is 11.6. The van der Waals surface area contributed by atoms with Crippen LogP contribution in [-0.2, 0) is 4.79 Å². The van der Waals surface area contributed by atoms with Crippen molar-refractivity contribution >= 4 is 17.4 Å². The molecule has 18 heavy (non-hydrogen) atoms. The standard InChI is InChI=1S/C12H17N5O/c1-3-5-15-10(18)8-17(2)12-11(14)9(7-13)4-6-16-12/h4,6H,3,5,8,14H2,1-2H3,(H,15,18). The van der Waals surface area contributed by atoms with Gasteiger partial charge in [0.05, 0.1) is 17.8 Å². The number of nitrogens with zero attached hydrogens (tertiary/aromatic N) is 3. The molecule has 1 aromatic heterocycles. The predicted octanol–water partition coefficient (Wildman–Crippen LogP) is 0.498. The van der Waals surface area contributed by atoms with Crippen LogP contribution in [0, 0.1) is 11.3 Å². The van der Waals surface area contributed by atoms with Gasteiger partial charge in [0.1, 0.15) is 6.07 Å². The molecular weight excluding hydrogens is 230 g/mol. The number of likely N-dealkylation sites (N-methyl/N-ethyl adjacent to an activating group) is 1. The largest absolute Gasteiger partial charge is 0.395 e. The highest BCUT2D eigenvalue weighted by Crippen LogP contribution is 2.21. The van der Waals surface area contributed by atoms with E-state index in [1.807, 2.05) is 13.0 Å². The number of nitrogen functional groups attached to an aromatic ring is 1. The van der Waals surface area contributed by atoms with Crippen LogP contribution < -0.4 is 16.0 Å². The first-order valence-electron chi connectivity index (χ1n) is 5.72. The Morgan fingerprint density at radius 3 is 3.00 bits per heavy atom. The number of carbonyl (C=O) groups excluding carboxylic acids is 1. The molecule has 0 radical (unpaired) electrons. The third kappa shape index (κ3) is 3.35. The van der Waals surface area contributed by atoms with E-state index in [1.54, 1.807) is 18.0 Å². The smallest absolute Gasteiger partial charge is 0.239 e. The van der Waals surface area contributed by atoms with Gasteiger partial charge in [-0.15, -0.1) is 0 Å². The van der Waals surface area contributed by atoms with Gasteiger partial charge in [-0.25, -0.2) is 4.98 Å². The molecule has 0 unspecified atom stereocenters. The van der Waals surface area contributed by atoms with E-state index in [0.717, 1.165) is 6.42 Å². The summed E-state index contributed by atoms with van der Waals surface area (Å²) in [5.74, 6) is 0.351. The summed E-state index contributed by atoms with van der Waals surface area (Å²) in [5.41, 5.74) is 6.47. The molecule has 0 fully saturated rings. The van der Waals surface area contributed by atoms with E-state index >= 15 is 0 Å². The average molecular weight is 247 g/mol. The normalized spacial score (nSPS) is 9.61. The Labute approximate surface area is 106 Å². The summed E-state index contributed by atoms with van der Waals surface area (Å²) in [5, 5.41) is 11.6. The van der Waals surface area contributed by atoms with Crippen molar-refractivity contribution in [2.45, 2.75) is 13.3 Å². The van der Waals surface area contributed by atoms with Crippen LogP contribution in [0.1, 0.15) is 18.9 Å². The van der Waals surface area contributed by atoms with Crippen molar-refractivity contribution in [2.24, 2.45) is 0 Å². The molecule has 0 bridgehead atoms. The molecule has 0 atom stereocenters. The Morgan fingerprint density at radius 1 is 1.67 bits per heavy atom. The van der Waals surface area contributed by atoms with E-state index in [1.165, 1.54) is 6.20 Å². The number of aromatic nitrogens is 1. The molecule has 6 heteroatoms. The van der Waals surface area contributed by atoms with Crippen LogP contribution in [0.15, 0.2) is 12.3 Å². The number of anilines is 2. The van der Waals surface area contributed by atoms with Crippen molar-refractivity contribution in [1.29, 1.82) is 5.26 Å². The molecule has 3 N–H and O–H groups in total. The van der Waals surface area contributed by atoms with E-state index in [9.17, 15) is 4.79 Å². The lowest BCUT2D eigenvalue weighted by Crippen LogP contribution is -2.36. The fraction of sp³-hybridized carbons (Fsp3) is 0.417. The molecule has 1 heterocycles. The van der Waals surface area contributed by atoms with Gasteiger partial charge in [-0.3, -0.25) is 4.79 Å². The summed E-state index contributed by atoms with van der Waals surface area (Å²) < 4.78 is 0. The zero-order valence-corrected chi connectivity index (χ0v) is 10.6. The highest BCUT2D eigenvalue weighted by atomic mass is 16.2. The number of hydrogen-bond acceptors (Lipinski definition) is 5. The van der Waals surface area contributed by atoms with Gasteiger partial charge >= 0.3 is 0 Å². The summed E-state index contributed by atoms with van der Waals surface area (Å²) >= 11 is 0. The van der Waals surface area contributed by atoms with Crippen molar-refractivity contribution in [3.05, 3.63) is 17.8 Å². The fourth-order valence-corrected chi connectivity index (χ4v) is 1.47. The first-order chi connectivity index (χ1) is 8.60. The van der Waals surface area contributed by atoms with Gasteiger partial charge in [-0.2, -0.15) is 5.26 Å². The average Bonchev–Trinajstić information content (AvgIpc) is 2.36. The second-order valence-electron chi connectivity index (χ2n) is 3.91. The number of amides is 1. The SMILES string of the molecule is CCCNC(=O)CN(C)c1nccc(C#N)c1N. The van der Waals surface area contributed by atoms with Crippen molar-refractivity contribution < 1.29 is 4.79 Å². The molecule has 0 aromatic carbocycles. The van der Waals surface area contributed by atoms with Gasteiger partial charge in [-0.1, -0.05) is 6.92 Å². The number of nitriles is 1. The molecule has 6 nitrogen and oxygen atoms in total. The van der Waals surface area contributed by atoms with Gasteiger partial charge in [0, 0.05) is 19.8 Å². The van der Waals surface area contributed by atoms with Crippen molar-refractivity contribution in [3.8, 4) is 6.07 Å². The summed E-state index contributed by atoms with van der Waals surface area (Å²) in [7, 11) is 1.71. The summed E-state index contributed by atoms with van der Waals surface area (Å²) in [6, 6.07) is 3.53. The molecule has 96 valence electrons. The molecule has 1 rings (SSSR count). The molecule has 0 saturated heterocycles. The maximum Gasteiger partial charge on any atom is 0.239 e. The number of rotatable bonds is 5. The maximum atomic E-state index is 11.6. The monoisotopic (exact) mass is 247 g/mol. The summed E-state index contributed by atoms with van der Waals surface area (Å²) in [6.07, 6.45) is 2.39. The topological polar surface area (TPSA) is 95.0 Å². The number of pyridine rings is 1. The van der Waals surface area contributed by atoms with Crippen LogP contribution in [0.25, 0.3) is 0 Å². The van der Waals surface area contributed by atoms with E-state index in [-0.39, 0.29) is 12.5 Å². The van der Waals surface area contributed by atoms with Crippen molar-refractivity contribution in [3.63, 3.8) is 0 Å². The minimum absolute atomic E-state index is 0.0945. The first-order valence-corrected chi connectivity index (χ1v) is 5.72. The zero-order chi connectivity index (χ0) is 13.5. The second kappa shape index (κ2) is 6.45. The summed E-state index contributed by atoms with van der Waals surface area (Å²) in [4.78, 5) is 17.3. The fourth-order valence-electron chi connectivity index (χ4n) is 1.47. The van der Waals surface area contributed by atoms with Crippen LogP contribution in [0.2, 0.25) is 0 Å². The lowest BCUT2D eigenvalue weighted by Gasteiger charge is -2.19. The van der Waals surface area contributed by atoms with E-state index < -0.39 is 0 Å². The number of nitrogens with one attached hydrogen (secondary N) is 1. The predicted molar refractivity (Wildman–Crippen MR) is 69.9 cm³/mol. The second-order valence-corrected chi connectivity index (χ2v) is 3.91. The van der Waals surface area contributed by atoms with Gasteiger partial charge in [0.2, 0.25) is 5.91 Å². The van der Waals surface area contributed by atoms with Crippen molar-refractivity contribution in [1.82, 2.24) is 10.3 Å². The third-order valence-electron chi connectivity index (χ3n) is 2.40.